The lowest BCUT2D eigenvalue weighted by Crippen LogP contribution is -2.34. The van der Waals surface area contributed by atoms with Crippen molar-refractivity contribution in [2.24, 2.45) is 0 Å². The number of nitro groups is 1. The van der Waals surface area contributed by atoms with Gasteiger partial charge in [-0.1, -0.05) is 18.9 Å². The summed E-state index contributed by atoms with van der Waals surface area (Å²) in [6, 6.07) is 9.11. The fraction of sp³-hybridized carbons (Fsp3) is 0.412. The van der Waals surface area contributed by atoms with Crippen LogP contribution in [-0.2, 0) is 10.0 Å². The van der Waals surface area contributed by atoms with Gasteiger partial charge in [-0.15, -0.1) is 11.3 Å². The molecule has 1 aromatic heterocycles. The quantitative estimate of drug-likeness (QED) is 0.586. The molecule has 1 saturated heterocycles. The number of aryl methyl sites for hydroxylation is 1. The van der Waals surface area contributed by atoms with Crippen LogP contribution in [0.25, 0.3) is 0 Å². The number of hydrogen-bond donors (Lipinski definition) is 0. The van der Waals surface area contributed by atoms with Gasteiger partial charge >= 0.3 is 0 Å². The van der Waals surface area contributed by atoms with Gasteiger partial charge in [0.1, 0.15) is 0 Å². The van der Waals surface area contributed by atoms with Crippen molar-refractivity contribution in [1.82, 2.24) is 4.31 Å². The van der Waals surface area contributed by atoms with Crippen LogP contribution in [0, 0.1) is 17.0 Å². The van der Waals surface area contributed by atoms with Crippen molar-refractivity contribution in [3.63, 3.8) is 0 Å². The third kappa shape index (κ3) is 3.75. The van der Waals surface area contributed by atoms with E-state index in [-0.39, 0.29) is 16.6 Å². The van der Waals surface area contributed by atoms with E-state index in [1.54, 1.807) is 11.3 Å². The van der Waals surface area contributed by atoms with Crippen molar-refractivity contribution in [3.05, 3.63) is 56.3 Å². The van der Waals surface area contributed by atoms with Crippen molar-refractivity contribution in [3.8, 4) is 0 Å². The second-order valence-electron chi connectivity index (χ2n) is 6.18. The predicted molar refractivity (Wildman–Crippen MR) is 97.3 cm³/mol. The van der Waals surface area contributed by atoms with E-state index in [9.17, 15) is 18.5 Å². The predicted octanol–water partition coefficient (Wildman–Crippen LogP) is 4.27. The van der Waals surface area contributed by atoms with Crippen LogP contribution in [0.3, 0.4) is 0 Å². The molecule has 2 aromatic rings. The number of thiophene rings is 1. The van der Waals surface area contributed by atoms with Crippen LogP contribution in [0.15, 0.2) is 41.3 Å². The molecule has 2 heterocycles. The zero-order chi connectivity index (χ0) is 18.0. The Hall–Kier alpha value is -1.77. The third-order valence-electron chi connectivity index (χ3n) is 4.43. The molecule has 25 heavy (non-hydrogen) atoms. The Bertz CT molecular complexity index is 876. The van der Waals surface area contributed by atoms with Crippen LogP contribution >= 0.6 is 11.3 Å². The molecule has 3 rings (SSSR count). The van der Waals surface area contributed by atoms with E-state index in [1.807, 2.05) is 19.1 Å². The molecule has 0 bridgehead atoms. The second kappa shape index (κ2) is 7.23. The number of hydrogen-bond acceptors (Lipinski definition) is 5. The van der Waals surface area contributed by atoms with Gasteiger partial charge in [0, 0.05) is 28.4 Å². The summed E-state index contributed by atoms with van der Waals surface area (Å²) < 4.78 is 28.0. The van der Waals surface area contributed by atoms with Gasteiger partial charge in [0.25, 0.3) is 5.69 Å². The van der Waals surface area contributed by atoms with Crippen molar-refractivity contribution < 1.29 is 13.3 Å². The fourth-order valence-corrected chi connectivity index (χ4v) is 5.99. The van der Waals surface area contributed by atoms with Crippen molar-refractivity contribution >= 4 is 27.0 Å². The van der Waals surface area contributed by atoms with Gasteiger partial charge in [-0.2, -0.15) is 4.31 Å². The van der Waals surface area contributed by atoms with E-state index in [2.05, 4.69) is 0 Å². The van der Waals surface area contributed by atoms with Gasteiger partial charge < -0.3 is 0 Å². The second-order valence-corrected chi connectivity index (χ2v) is 9.39. The Labute approximate surface area is 151 Å². The molecule has 0 spiro atoms. The van der Waals surface area contributed by atoms with Gasteiger partial charge in [-0.05, 0) is 38.0 Å². The molecule has 1 aromatic carbocycles. The highest BCUT2D eigenvalue weighted by molar-refractivity contribution is 7.89. The Morgan fingerprint density at radius 2 is 2.00 bits per heavy atom. The molecule has 0 N–H and O–H groups in total. The molecule has 1 fully saturated rings. The number of sulfonamides is 1. The Morgan fingerprint density at radius 3 is 2.68 bits per heavy atom. The first kappa shape index (κ1) is 18.0. The topological polar surface area (TPSA) is 80.5 Å². The van der Waals surface area contributed by atoms with Crippen LogP contribution in [0.1, 0.15) is 41.5 Å². The smallest absolute Gasteiger partial charge is 0.258 e. The normalized spacial score (nSPS) is 19.5. The standard InChI is InChI=1S/C17H20N2O4S2/c1-13-9-10-17(24-13)16-8-3-2-4-11-18(16)25(22,23)15-7-5-6-14(12-15)19(20)21/h5-7,9-10,12,16H,2-4,8,11H2,1H3/t16-/m0/s1. The summed E-state index contributed by atoms with van der Waals surface area (Å²) in [7, 11) is -3.79. The highest BCUT2D eigenvalue weighted by Gasteiger charge is 2.34. The largest absolute Gasteiger partial charge is 0.270 e. The molecule has 134 valence electrons. The first-order valence-electron chi connectivity index (χ1n) is 8.22. The highest BCUT2D eigenvalue weighted by atomic mass is 32.2. The molecule has 0 saturated carbocycles. The lowest BCUT2D eigenvalue weighted by molar-refractivity contribution is -0.385. The van der Waals surface area contributed by atoms with Crippen molar-refractivity contribution in [2.45, 2.75) is 43.5 Å². The number of rotatable bonds is 4. The molecule has 0 aliphatic carbocycles. The molecule has 1 aliphatic heterocycles. The Balaban J connectivity index is 2.03. The van der Waals surface area contributed by atoms with Gasteiger partial charge in [0.2, 0.25) is 10.0 Å². The van der Waals surface area contributed by atoms with E-state index in [0.717, 1.165) is 41.5 Å². The minimum Gasteiger partial charge on any atom is -0.258 e. The summed E-state index contributed by atoms with van der Waals surface area (Å²) in [4.78, 5) is 12.6. The summed E-state index contributed by atoms with van der Waals surface area (Å²) in [6.45, 7) is 2.44. The average Bonchev–Trinajstić information content (AvgIpc) is 2.86. The first-order valence-corrected chi connectivity index (χ1v) is 10.5. The molecular formula is C17H20N2O4S2. The minimum atomic E-state index is -3.79. The summed E-state index contributed by atoms with van der Waals surface area (Å²) in [5.74, 6) is 0. The maximum Gasteiger partial charge on any atom is 0.270 e. The molecule has 0 radical (unpaired) electrons. The maximum absolute atomic E-state index is 13.2. The van der Waals surface area contributed by atoms with Crippen LogP contribution in [0.5, 0.6) is 0 Å². The molecule has 1 aliphatic rings. The molecule has 8 heteroatoms. The van der Waals surface area contributed by atoms with Crippen molar-refractivity contribution in [2.75, 3.05) is 6.54 Å². The number of benzene rings is 1. The minimum absolute atomic E-state index is 0.0121. The van der Waals surface area contributed by atoms with Gasteiger partial charge in [0.15, 0.2) is 0 Å². The third-order valence-corrected chi connectivity index (χ3v) is 7.43. The van der Waals surface area contributed by atoms with Gasteiger partial charge in [0.05, 0.1) is 15.9 Å². The summed E-state index contributed by atoms with van der Waals surface area (Å²) in [5.41, 5.74) is -0.209. The molecular weight excluding hydrogens is 360 g/mol. The van der Waals surface area contributed by atoms with Gasteiger partial charge in [-0.3, -0.25) is 10.1 Å². The monoisotopic (exact) mass is 380 g/mol. The lowest BCUT2D eigenvalue weighted by atomic mass is 10.1. The molecule has 0 unspecified atom stereocenters. The van der Waals surface area contributed by atoms with E-state index >= 15 is 0 Å². The van der Waals surface area contributed by atoms with E-state index in [4.69, 9.17) is 0 Å². The highest BCUT2D eigenvalue weighted by Crippen LogP contribution is 2.38. The number of non-ortho nitro benzene ring substituents is 1. The Kier molecular flexibility index (Phi) is 5.21. The summed E-state index contributed by atoms with van der Waals surface area (Å²) in [6.07, 6.45) is 3.54. The number of nitrogens with zero attached hydrogens (tertiary/aromatic N) is 2. The van der Waals surface area contributed by atoms with Crippen LogP contribution in [-0.4, -0.2) is 24.2 Å². The molecule has 0 amide bonds. The average molecular weight is 380 g/mol. The number of nitro benzene ring substituents is 1. The van der Waals surface area contributed by atoms with E-state index < -0.39 is 14.9 Å². The maximum atomic E-state index is 13.2. The van der Waals surface area contributed by atoms with Gasteiger partial charge in [-0.25, -0.2) is 8.42 Å². The molecule has 6 nitrogen and oxygen atoms in total. The Morgan fingerprint density at radius 1 is 1.20 bits per heavy atom. The van der Waals surface area contributed by atoms with Crippen LogP contribution in [0.4, 0.5) is 5.69 Å². The van der Waals surface area contributed by atoms with Crippen molar-refractivity contribution in [1.29, 1.82) is 0 Å². The first-order chi connectivity index (χ1) is 11.9. The molecule has 1 atom stereocenters. The summed E-state index contributed by atoms with van der Waals surface area (Å²) >= 11 is 1.61. The van der Waals surface area contributed by atoms with Crippen LogP contribution < -0.4 is 0 Å². The summed E-state index contributed by atoms with van der Waals surface area (Å²) in [5, 5.41) is 11.0. The SMILES string of the molecule is Cc1ccc([C@@H]2CCCCCN2S(=O)(=O)c2cccc([N+](=O)[O-])c2)s1. The zero-order valence-corrected chi connectivity index (χ0v) is 15.6. The zero-order valence-electron chi connectivity index (χ0n) is 13.9. The van der Waals surface area contributed by atoms with Crippen LogP contribution in [0.2, 0.25) is 0 Å². The van der Waals surface area contributed by atoms with E-state index in [1.165, 1.54) is 22.5 Å². The lowest BCUT2D eigenvalue weighted by Gasteiger charge is -2.28. The van der Waals surface area contributed by atoms with E-state index in [0.29, 0.717) is 6.54 Å². The fourth-order valence-electron chi connectivity index (χ4n) is 3.18.